The highest BCUT2D eigenvalue weighted by Gasteiger charge is 2.67. The summed E-state index contributed by atoms with van der Waals surface area (Å²) in [7, 11) is 0. The molecule has 5 heteroatoms. The van der Waals surface area contributed by atoms with Crippen LogP contribution in [0, 0.1) is 28.6 Å². The maximum Gasteiger partial charge on any atom is 0.303 e. The molecule has 0 aliphatic heterocycles. The zero-order valence-electron chi connectivity index (χ0n) is 17.1. The Hall–Kier alpha value is -1.42. The molecule has 0 heterocycles. The van der Waals surface area contributed by atoms with Gasteiger partial charge in [0.1, 0.15) is 0 Å². The van der Waals surface area contributed by atoms with E-state index in [-0.39, 0.29) is 40.2 Å². The van der Waals surface area contributed by atoms with Gasteiger partial charge in [0, 0.05) is 23.8 Å². The first-order valence-corrected chi connectivity index (χ1v) is 10.8. The lowest BCUT2D eigenvalue weighted by atomic mass is 9.48. The van der Waals surface area contributed by atoms with Crippen LogP contribution in [0.3, 0.4) is 0 Å². The SMILES string of the molecule is CC(=O)O[C@]1(C(C)=O)CC[C@H]2[C@H]3C=C(Cl)C4=CC(=O)CC[C@]4(C)[C@H]3CC[C@@]21C. The van der Waals surface area contributed by atoms with E-state index in [1.165, 1.54) is 6.92 Å². The van der Waals surface area contributed by atoms with Gasteiger partial charge < -0.3 is 4.74 Å². The minimum atomic E-state index is -1.03. The van der Waals surface area contributed by atoms with E-state index in [0.717, 1.165) is 31.3 Å². The van der Waals surface area contributed by atoms with Crippen molar-refractivity contribution in [1.29, 1.82) is 0 Å². The maximum atomic E-state index is 12.7. The number of allylic oxidation sites excluding steroid dienone is 4. The van der Waals surface area contributed by atoms with Gasteiger partial charge in [0.15, 0.2) is 17.2 Å². The number of halogens is 1. The van der Waals surface area contributed by atoms with Crippen LogP contribution in [0.25, 0.3) is 0 Å². The monoisotopic (exact) mass is 404 g/mol. The van der Waals surface area contributed by atoms with Gasteiger partial charge in [-0.25, -0.2) is 0 Å². The molecule has 2 saturated carbocycles. The van der Waals surface area contributed by atoms with Crippen LogP contribution in [0.1, 0.15) is 66.2 Å². The van der Waals surface area contributed by atoms with E-state index >= 15 is 0 Å². The number of ether oxygens (including phenoxy) is 1. The van der Waals surface area contributed by atoms with Crippen molar-refractivity contribution in [3.63, 3.8) is 0 Å². The fourth-order valence-electron chi connectivity index (χ4n) is 7.13. The molecule has 4 nitrogen and oxygen atoms in total. The van der Waals surface area contributed by atoms with Crippen molar-refractivity contribution in [2.75, 3.05) is 0 Å². The zero-order chi connectivity index (χ0) is 20.5. The number of hydrogen-bond donors (Lipinski definition) is 0. The molecule has 4 rings (SSSR count). The van der Waals surface area contributed by atoms with Gasteiger partial charge in [-0.2, -0.15) is 0 Å². The van der Waals surface area contributed by atoms with Gasteiger partial charge in [0.2, 0.25) is 0 Å². The lowest BCUT2D eigenvalue weighted by Crippen LogP contribution is -2.58. The summed E-state index contributed by atoms with van der Waals surface area (Å²) in [5.41, 5.74) is -0.532. The van der Waals surface area contributed by atoms with E-state index in [1.54, 1.807) is 13.0 Å². The molecule has 2 fully saturated rings. The average Bonchev–Trinajstić information content (AvgIpc) is 2.90. The van der Waals surface area contributed by atoms with Gasteiger partial charge >= 0.3 is 5.97 Å². The Balaban J connectivity index is 1.79. The number of carbonyl (C=O) groups excluding carboxylic acids is 3. The van der Waals surface area contributed by atoms with Gasteiger partial charge in [-0.05, 0) is 73.8 Å². The predicted octanol–water partition coefficient (Wildman–Crippen LogP) is 4.75. The molecule has 0 aromatic rings. The number of ketones is 2. The number of esters is 1. The Bertz CT molecular complexity index is 826. The Morgan fingerprint density at radius 1 is 1.11 bits per heavy atom. The van der Waals surface area contributed by atoms with E-state index < -0.39 is 5.60 Å². The van der Waals surface area contributed by atoms with Gasteiger partial charge in [-0.15, -0.1) is 0 Å². The van der Waals surface area contributed by atoms with E-state index in [4.69, 9.17) is 16.3 Å². The van der Waals surface area contributed by atoms with Gasteiger partial charge in [-0.1, -0.05) is 31.5 Å². The van der Waals surface area contributed by atoms with Crippen molar-refractivity contribution in [1.82, 2.24) is 0 Å². The van der Waals surface area contributed by atoms with Crippen LogP contribution in [-0.4, -0.2) is 23.1 Å². The molecule has 0 unspecified atom stereocenters. The molecule has 4 aliphatic rings. The molecule has 28 heavy (non-hydrogen) atoms. The summed E-state index contributed by atoms with van der Waals surface area (Å²) in [6, 6.07) is 0. The minimum Gasteiger partial charge on any atom is -0.451 e. The molecule has 0 amide bonds. The molecule has 6 atom stereocenters. The third kappa shape index (κ3) is 2.46. The Kier molecular flexibility index (Phi) is 4.46. The summed E-state index contributed by atoms with van der Waals surface area (Å²) in [6.07, 6.45) is 8.48. The van der Waals surface area contributed by atoms with Gasteiger partial charge in [0.25, 0.3) is 0 Å². The van der Waals surface area contributed by atoms with E-state index in [0.29, 0.717) is 23.8 Å². The van der Waals surface area contributed by atoms with Crippen LogP contribution in [-0.2, 0) is 19.1 Å². The highest BCUT2D eigenvalue weighted by molar-refractivity contribution is 6.32. The second kappa shape index (κ2) is 6.29. The molecule has 0 radical (unpaired) electrons. The number of Topliss-reactive ketones (excluding diaryl/α,β-unsaturated/α-hetero) is 1. The standard InChI is InChI=1S/C23H29ClO4/c1-13(25)23(28-14(2)26)10-7-18-16-12-20(24)19-11-15(27)5-8-21(19,3)17(16)6-9-22(18,23)4/h11-12,16-18H,5-10H2,1-4H3/t16-,17-,18-,21+,22-,23-/m0/s1. The topological polar surface area (TPSA) is 60.4 Å². The zero-order valence-corrected chi connectivity index (χ0v) is 17.9. The lowest BCUT2D eigenvalue weighted by Gasteiger charge is -2.57. The molecule has 0 aromatic heterocycles. The summed E-state index contributed by atoms with van der Waals surface area (Å²) in [5, 5.41) is 0.689. The second-order valence-electron chi connectivity index (χ2n) is 9.72. The molecular formula is C23H29ClO4. The maximum absolute atomic E-state index is 12.7. The second-order valence-corrected chi connectivity index (χ2v) is 10.1. The fraction of sp³-hybridized carbons (Fsp3) is 0.696. The van der Waals surface area contributed by atoms with Gasteiger partial charge in [0.05, 0.1) is 0 Å². The molecular weight excluding hydrogens is 376 g/mol. The first-order valence-electron chi connectivity index (χ1n) is 10.4. The highest BCUT2D eigenvalue weighted by atomic mass is 35.5. The molecule has 152 valence electrons. The number of rotatable bonds is 2. The Morgan fingerprint density at radius 2 is 1.79 bits per heavy atom. The summed E-state index contributed by atoms with van der Waals surface area (Å²) in [6.45, 7) is 7.33. The summed E-state index contributed by atoms with van der Waals surface area (Å²) in [5.74, 6) is 0.584. The average molecular weight is 405 g/mol. The number of hydrogen-bond acceptors (Lipinski definition) is 4. The van der Waals surface area contributed by atoms with Crippen LogP contribution in [0.5, 0.6) is 0 Å². The van der Waals surface area contributed by atoms with Crippen LogP contribution in [0.15, 0.2) is 22.8 Å². The van der Waals surface area contributed by atoms with E-state index in [9.17, 15) is 14.4 Å². The normalized spacial score (nSPS) is 44.6. The summed E-state index contributed by atoms with van der Waals surface area (Å²) < 4.78 is 5.79. The van der Waals surface area contributed by atoms with Crippen LogP contribution >= 0.6 is 11.6 Å². The van der Waals surface area contributed by atoms with E-state index in [2.05, 4.69) is 19.9 Å². The first kappa shape index (κ1) is 19.9. The Labute approximate surface area is 171 Å². The minimum absolute atomic E-state index is 0.0490. The van der Waals surface area contributed by atoms with Crippen molar-refractivity contribution in [3.05, 3.63) is 22.8 Å². The molecule has 0 saturated heterocycles. The third-order valence-corrected chi connectivity index (χ3v) is 8.89. The van der Waals surface area contributed by atoms with Crippen molar-refractivity contribution >= 4 is 29.1 Å². The van der Waals surface area contributed by atoms with Crippen molar-refractivity contribution in [3.8, 4) is 0 Å². The number of carbonyl (C=O) groups is 3. The molecule has 0 aromatic carbocycles. The summed E-state index contributed by atoms with van der Waals surface area (Å²) in [4.78, 5) is 36.6. The first-order chi connectivity index (χ1) is 13.0. The number of fused-ring (bicyclic) bond motifs is 5. The smallest absolute Gasteiger partial charge is 0.303 e. The third-order valence-electron chi connectivity index (χ3n) is 8.56. The van der Waals surface area contributed by atoms with Gasteiger partial charge in [-0.3, -0.25) is 14.4 Å². The van der Waals surface area contributed by atoms with Crippen molar-refractivity contribution < 1.29 is 19.1 Å². The van der Waals surface area contributed by atoms with Crippen molar-refractivity contribution in [2.24, 2.45) is 28.6 Å². The van der Waals surface area contributed by atoms with Crippen molar-refractivity contribution in [2.45, 2.75) is 71.8 Å². The lowest BCUT2D eigenvalue weighted by molar-refractivity contribution is -0.185. The quantitative estimate of drug-likeness (QED) is 0.623. The molecule has 0 bridgehead atoms. The fourth-order valence-corrected chi connectivity index (χ4v) is 7.55. The van der Waals surface area contributed by atoms with Crippen LogP contribution in [0.2, 0.25) is 0 Å². The molecule has 4 aliphatic carbocycles. The van der Waals surface area contributed by atoms with Crippen LogP contribution in [0.4, 0.5) is 0 Å². The largest absolute Gasteiger partial charge is 0.451 e. The molecule has 0 N–H and O–H groups in total. The Morgan fingerprint density at radius 3 is 2.43 bits per heavy atom. The highest BCUT2D eigenvalue weighted by Crippen LogP contribution is 2.68. The molecule has 0 spiro atoms. The van der Waals surface area contributed by atoms with Crippen LogP contribution < -0.4 is 0 Å². The summed E-state index contributed by atoms with van der Waals surface area (Å²) >= 11 is 6.71. The predicted molar refractivity (Wildman–Crippen MR) is 107 cm³/mol. The van der Waals surface area contributed by atoms with E-state index in [1.807, 2.05) is 0 Å².